The second-order valence-corrected chi connectivity index (χ2v) is 8.33. The molecule has 1 aliphatic rings. The molecule has 5 rings (SSSR count). The first kappa shape index (κ1) is 20.8. The minimum absolute atomic E-state index is 0.108. The molecule has 4 heterocycles. The number of pyridine rings is 2. The summed E-state index contributed by atoms with van der Waals surface area (Å²) in [6, 6.07) is 16.6. The van der Waals surface area contributed by atoms with Crippen LogP contribution in [0.15, 0.2) is 65.6 Å². The van der Waals surface area contributed by atoms with E-state index < -0.39 is 6.09 Å². The molecular formula is C25H24N4O4. The van der Waals surface area contributed by atoms with Gasteiger partial charge in [-0.1, -0.05) is 30.3 Å². The molecule has 1 atom stereocenters. The minimum Gasteiger partial charge on any atom is -0.489 e. The minimum atomic E-state index is -0.921. The second kappa shape index (κ2) is 8.12. The summed E-state index contributed by atoms with van der Waals surface area (Å²) >= 11 is 0. The summed E-state index contributed by atoms with van der Waals surface area (Å²) in [5, 5.41) is 10.4. The van der Waals surface area contributed by atoms with Crippen molar-refractivity contribution >= 4 is 17.1 Å². The predicted octanol–water partition coefficient (Wildman–Crippen LogP) is 3.73. The number of fused-ring (bicyclic) bond motifs is 3. The van der Waals surface area contributed by atoms with Crippen molar-refractivity contribution in [3.8, 4) is 11.6 Å². The van der Waals surface area contributed by atoms with Crippen LogP contribution in [0.5, 0.6) is 5.75 Å². The van der Waals surface area contributed by atoms with E-state index in [1.807, 2.05) is 54.9 Å². The van der Waals surface area contributed by atoms with Gasteiger partial charge < -0.3 is 19.3 Å². The number of aromatic nitrogens is 3. The number of rotatable bonds is 4. The maximum Gasteiger partial charge on any atom is 0.407 e. The van der Waals surface area contributed by atoms with Crippen molar-refractivity contribution in [3.63, 3.8) is 0 Å². The Bertz CT molecular complexity index is 1410. The molecule has 0 spiro atoms. The van der Waals surface area contributed by atoms with Crippen molar-refractivity contribution in [1.29, 1.82) is 0 Å². The Morgan fingerprint density at radius 1 is 1.18 bits per heavy atom. The van der Waals surface area contributed by atoms with Gasteiger partial charge in [-0.15, -0.1) is 0 Å². The molecule has 0 fully saturated rings. The van der Waals surface area contributed by atoms with Crippen molar-refractivity contribution in [1.82, 2.24) is 19.0 Å². The number of amides is 1. The molecule has 8 nitrogen and oxygen atoms in total. The van der Waals surface area contributed by atoms with Gasteiger partial charge in [0.1, 0.15) is 23.8 Å². The van der Waals surface area contributed by atoms with Gasteiger partial charge in [-0.25, -0.2) is 9.78 Å². The molecule has 1 N–H and O–H groups in total. The molecule has 0 bridgehead atoms. The molecule has 0 saturated carbocycles. The fourth-order valence-electron chi connectivity index (χ4n) is 4.44. The largest absolute Gasteiger partial charge is 0.489 e. The van der Waals surface area contributed by atoms with Crippen molar-refractivity contribution in [2.45, 2.75) is 32.5 Å². The van der Waals surface area contributed by atoms with Crippen molar-refractivity contribution < 1.29 is 14.6 Å². The topological polar surface area (TPSA) is 89.6 Å². The Labute approximate surface area is 190 Å². The Morgan fingerprint density at radius 3 is 2.70 bits per heavy atom. The van der Waals surface area contributed by atoms with Crippen LogP contribution >= 0.6 is 0 Å². The van der Waals surface area contributed by atoms with E-state index in [4.69, 9.17) is 9.72 Å². The van der Waals surface area contributed by atoms with Gasteiger partial charge in [0, 0.05) is 48.4 Å². The SMILES string of the molecule is CC1Cc2c(c3ccc(-n4ccc(OCc5ccccc5)cc4=O)nc3n2C)CN1C(=O)O. The van der Waals surface area contributed by atoms with Crippen LogP contribution in [0.1, 0.15) is 23.7 Å². The van der Waals surface area contributed by atoms with Crippen molar-refractivity contribution in [2.75, 3.05) is 0 Å². The van der Waals surface area contributed by atoms with E-state index in [-0.39, 0.29) is 11.6 Å². The van der Waals surface area contributed by atoms with Crippen LogP contribution in [0.4, 0.5) is 4.79 Å². The number of carboxylic acid groups (broad SMARTS) is 1. The highest BCUT2D eigenvalue weighted by Crippen LogP contribution is 2.32. The number of ether oxygens (including phenoxy) is 1. The molecular weight excluding hydrogens is 420 g/mol. The number of hydrogen-bond donors (Lipinski definition) is 1. The molecule has 0 saturated heterocycles. The van der Waals surface area contributed by atoms with Crippen LogP contribution in [-0.4, -0.2) is 36.3 Å². The van der Waals surface area contributed by atoms with E-state index in [2.05, 4.69) is 0 Å². The van der Waals surface area contributed by atoms with Crippen LogP contribution < -0.4 is 10.3 Å². The van der Waals surface area contributed by atoms with Gasteiger partial charge in [-0.3, -0.25) is 9.36 Å². The third-order valence-electron chi connectivity index (χ3n) is 6.24. The van der Waals surface area contributed by atoms with E-state index in [1.165, 1.54) is 15.5 Å². The summed E-state index contributed by atoms with van der Waals surface area (Å²) in [6.45, 7) is 2.63. The standard InChI is InChI=1S/C25H24N4O4/c1-16-12-21-20(14-29(16)25(31)32)19-8-9-22(26-24(19)27(21)2)28-11-10-18(13-23(28)30)33-15-17-6-4-3-5-7-17/h3-11,13,16H,12,14-15H2,1-2H3,(H,31,32). The summed E-state index contributed by atoms with van der Waals surface area (Å²) in [4.78, 5) is 30.6. The molecule has 0 radical (unpaired) electrons. The highest BCUT2D eigenvalue weighted by atomic mass is 16.5. The number of hydrogen-bond acceptors (Lipinski definition) is 4. The Hall–Kier alpha value is -4.07. The number of aryl methyl sites for hydroxylation is 1. The molecule has 0 aliphatic carbocycles. The zero-order valence-corrected chi connectivity index (χ0v) is 18.4. The monoisotopic (exact) mass is 444 g/mol. The number of carbonyl (C=O) groups is 1. The molecule has 1 unspecified atom stereocenters. The van der Waals surface area contributed by atoms with Crippen LogP contribution in [-0.2, 0) is 26.6 Å². The third-order valence-corrected chi connectivity index (χ3v) is 6.24. The zero-order valence-electron chi connectivity index (χ0n) is 18.4. The summed E-state index contributed by atoms with van der Waals surface area (Å²) in [6.07, 6.45) is 1.36. The average Bonchev–Trinajstić information content (AvgIpc) is 3.08. The lowest BCUT2D eigenvalue weighted by Crippen LogP contribution is -2.42. The first-order chi connectivity index (χ1) is 15.9. The molecule has 3 aromatic heterocycles. The summed E-state index contributed by atoms with van der Waals surface area (Å²) in [5.74, 6) is 1.00. The van der Waals surface area contributed by atoms with Gasteiger partial charge in [-0.05, 0) is 30.7 Å². The number of benzene rings is 1. The number of nitrogens with zero attached hydrogens (tertiary/aromatic N) is 4. The van der Waals surface area contributed by atoms with E-state index in [0.29, 0.717) is 31.1 Å². The van der Waals surface area contributed by atoms with Crippen molar-refractivity contribution in [3.05, 3.63) is 88.0 Å². The third kappa shape index (κ3) is 3.73. The summed E-state index contributed by atoms with van der Waals surface area (Å²) < 4.78 is 9.24. The van der Waals surface area contributed by atoms with E-state index >= 15 is 0 Å². The first-order valence-corrected chi connectivity index (χ1v) is 10.8. The molecule has 1 aromatic carbocycles. The van der Waals surface area contributed by atoms with Crippen LogP contribution in [0.3, 0.4) is 0 Å². The maximum absolute atomic E-state index is 12.8. The average molecular weight is 444 g/mol. The quantitative estimate of drug-likeness (QED) is 0.518. The summed E-state index contributed by atoms with van der Waals surface area (Å²) in [7, 11) is 1.93. The van der Waals surface area contributed by atoms with Gasteiger partial charge in [0.25, 0.3) is 5.56 Å². The van der Waals surface area contributed by atoms with Crippen LogP contribution in [0.25, 0.3) is 16.9 Å². The second-order valence-electron chi connectivity index (χ2n) is 8.33. The molecule has 33 heavy (non-hydrogen) atoms. The molecule has 8 heteroatoms. The molecule has 1 amide bonds. The van der Waals surface area contributed by atoms with Crippen LogP contribution in [0.2, 0.25) is 0 Å². The Kier molecular flexibility index (Phi) is 5.12. The predicted molar refractivity (Wildman–Crippen MR) is 124 cm³/mol. The van der Waals surface area contributed by atoms with Gasteiger partial charge in [-0.2, -0.15) is 0 Å². The first-order valence-electron chi connectivity index (χ1n) is 10.8. The zero-order chi connectivity index (χ0) is 23.1. The van der Waals surface area contributed by atoms with E-state index in [1.54, 1.807) is 18.3 Å². The maximum atomic E-state index is 12.8. The molecule has 4 aromatic rings. The fraction of sp³-hybridized carbons (Fsp3) is 0.240. The smallest absolute Gasteiger partial charge is 0.407 e. The van der Waals surface area contributed by atoms with Crippen molar-refractivity contribution in [2.24, 2.45) is 7.05 Å². The Morgan fingerprint density at radius 2 is 1.97 bits per heavy atom. The van der Waals surface area contributed by atoms with Gasteiger partial charge in [0.2, 0.25) is 0 Å². The van der Waals surface area contributed by atoms with Crippen LogP contribution in [0, 0.1) is 0 Å². The summed E-state index contributed by atoms with van der Waals surface area (Å²) in [5.41, 5.74) is 3.57. The van der Waals surface area contributed by atoms with Gasteiger partial charge >= 0.3 is 6.09 Å². The lowest BCUT2D eigenvalue weighted by Gasteiger charge is -2.31. The fourth-order valence-corrected chi connectivity index (χ4v) is 4.44. The lowest BCUT2D eigenvalue weighted by molar-refractivity contribution is 0.119. The van der Waals surface area contributed by atoms with E-state index in [9.17, 15) is 14.7 Å². The molecule has 1 aliphatic heterocycles. The highest BCUT2D eigenvalue weighted by molar-refractivity contribution is 5.84. The highest BCUT2D eigenvalue weighted by Gasteiger charge is 2.31. The lowest BCUT2D eigenvalue weighted by atomic mass is 10.00. The van der Waals surface area contributed by atoms with Gasteiger partial charge in [0.15, 0.2) is 0 Å². The van der Waals surface area contributed by atoms with Gasteiger partial charge in [0.05, 0.1) is 6.54 Å². The molecule has 168 valence electrons. The Balaban J connectivity index is 1.45. The normalized spacial score (nSPS) is 15.5. The van der Waals surface area contributed by atoms with E-state index in [0.717, 1.165) is 27.9 Å².